The monoisotopic (exact) mass is 229 g/mol. The van der Waals surface area contributed by atoms with E-state index >= 15 is 0 Å². The van der Waals surface area contributed by atoms with Crippen LogP contribution < -0.4 is 10.5 Å². The van der Waals surface area contributed by atoms with E-state index in [1.165, 1.54) is 0 Å². The molecule has 0 spiro atoms. The highest BCUT2D eigenvalue weighted by molar-refractivity contribution is 7.86. The molecule has 0 saturated carbocycles. The van der Waals surface area contributed by atoms with Gasteiger partial charge in [0.1, 0.15) is 5.75 Å². The molecule has 0 aromatic heterocycles. The summed E-state index contributed by atoms with van der Waals surface area (Å²) in [4.78, 5) is 0. The Morgan fingerprint density at radius 3 is 2.73 bits per heavy atom. The molecular formula is C9H11NO4S. The number of ether oxygens (including phenoxy) is 1. The fourth-order valence-electron chi connectivity index (χ4n) is 1.60. The van der Waals surface area contributed by atoms with Crippen LogP contribution in [0.3, 0.4) is 0 Å². The molecule has 0 aliphatic carbocycles. The van der Waals surface area contributed by atoms with Crippen LogP contribution in [0.25, 0.3) is 0 Å². The second kappa shape index (κ2) is 3.48. The average Bonchev–Trinajstić information content (AvgIpc) is 2.16. The normalized spacial score (nSPS) is 25.5. The number of nitrogens with two attached hydrogens (primary N) is 1. The Labute approximate surface area is 87.6 Å². The van der Waals surface area contributed by atoms with Crippen LogP contribution in [0.15, 0.2) is 24.3 Å². The predicted octanol–water partition coefficient (Wildman–Crippen LogP) is 0.683. The molecule has 15 heavy (non-hydrogen) atoms. The molecule has 0 fully saturated rings. The van der Waals surface area contributed by atoms with E-state index in [-0.39, 0.29) is 6.42 Å². The fourth-order valence-corrected chi connectivity index (χ4v) is 2.28. The topological polar surface area (TPSA) is 89.6 Å². The van der Waals surface area contributed by atoms with E-state index in [1.54, 1.807) is 24.3 Å². The van der Waals surface area contributed by atoms with Crippen molar-refractivity contribution in [3.63, 3.8) is 0 Å². The van der Waals surface area contributed by atoms with Crippen molar-refractivity contribution in [1.29, 1.82) is 0 Å². The summed E-state index contributed by atoms with van der Waals surface area (Å²) in [6, 6.07) is 6.50. The molecule has 0 amide bonds. The van der Waals surface area contributed by atoms with E-state index in [0.717, 1.165) is 5.56 Å². The molecule has 0 bridgehead atoms. The van der Waals surface area contributed by atoms with Crippen LogP contribution in [0.5, 0.6) is 5.75 Å². The van der Waals surface area contributed by atoms with Gasteiger partial charge in [-0.3, -0.25) is 4.55 Å². The van der Waals surface area contributed by atoms with Crippen molar-refractivity contribution in [3.05, 3.63) is 29.8 Å². The smallest absolute Gasteiger partial charge is 0.303 e. The molecule has 0 radical (unpaired) electrons. The van der Waals surface area contributed by atoms with Crippen LogP contribution in [0.1, 0.15) is 18.0 Å². The zero-order valence-corrected chi connectivity index (χ0v) is 8.65. The molecule has 1 aliphatic rings. The largest absolute Gasteiger partial charge is 0.472 e. The van der Waals surface area contributed by atoms with Crippen LogP contribution in [0.2, 0.25) is 0 Å². The van der Waals surface area contributed by atoms with Gasteiger partial charge in [-0.2, -0.15) is 8.42 Å². The minimum Gasteiger partial charge on any atom is -0.472 e. The summed E-state index contributed by atoms with van der Waals surface area (Å²) >= 11 is 0. The summed E-state index contributed by atoms with van der Waals surface area (Å²) in [6.07, 6.45) is 0.0653. The molecule has 82 valence electrons. The number of para-hydroxylation sites is 1. The van der Waals surface area contributed by atoms with E-state index in [1.807, 2.05) is 0 Å². The average molecular weight is 229 g/mol. The molecule has 6 heteroatoms. The maximum atomic E-state index is 10.9. The van der Waals surface area contributed by atoms with Gasteiger partial charge in [0.2, 0.25) is 5.44 Å². The van der Waals surface area contributed by atoms with Gasteiger partial charge in [-0.1, -0.05) is 18.2 Å². The quantitative estimate of drug-likeness (QED) is 0.691. The zero-order valence-electron chi connectivity index (χ0n) is 7.83. The molecule has 2 atom stereocenters. The van der Waals surface area contributed by atoms with Crippen molar-refractivity contribution in [1.82, 2.24) is 0 Å². The van der Waals surface area contributed by atoms with Crippen LogP contribution in [0.4, 0.5) is 0 Å². The summed E-state index contributed by atoms with van der Waals surface area (Å²) in [5.74, 6) is 0.416. The first kappa shape index (κ1) is 10.4. The van der Waals surface area contributed by atoms with Gasteiger partial charge in [-0.15, -0.1) is 0 Å². The van der Waals surface area contributed by atoms with Crippen molar-refractivity contribution < 1.29 is 17.7 Å². The maximum Gasteiger partial charge on any atom is 0.303 e. The third-order valence-electron chi connectivity index (χ3n) is 2.36. The molecule has 1 heterocycles. The van der Waals surface area contributed by atoms with Crippen LogP contribution in [0, 0.1) is 0 Å². The van der Waals surface area contributed by atoms with Crippen LogP contribution in [-0.4, -0.2) is 18.4 Å². The molecule has 1 aromatic carbocycles. The molecule has 0 saturated heterocycles. The summed E-state index contributed by atoms with van der Waals surface area (Å²) in [5, 5.41) is 0. The Bertz CT molecular complexity index is 471. The lowest BCUT2D eigenvalue weighted by molar-refractivity contribution is 0.213. The highest BCUT2D eigenvalue weighted by atomic mass is 32.2. The molecule has 2 rings (SSSR count). The molecular weight excluding hydrogens is 218 g/mol. The molecule has 1 aromatic rings. The Hall–Kier alpha value is -1.11. The van der Waals surface area contributed by atoms with E-state index in [9.17, 15) is 8.42 Å². The van der Waals surface area contributed by atoms with Gasteiger partial charge >= 0.3 is 10.1 Å². The Morgan fingerprint density at radius 1 is 1.40 bits per heavy atom. The standard InChI is InChI=1S/C9H11NO4S/c10-7-5-9(15(11,12)13)14-8-4-2-1-3-6(7)8/h1-4,7,9H,5,10H2,(H,11,12,13). The molecule has 5 nitrogen and oxygen atoms in total. The highest BCUT2D eigenvalue weighted by Gasteiger charge is 2.33. The first-order valence-corrected chi connectivity index (χ1v) is 5.96. The molecule has 1 aliphatic heterocycles. The van der Waals surface area contributed by atoms with Crippen molar-refractivity contribution in [3.8, 4) is 5.75 Å². The second-order valence-corrected chi connectivity index (χ2v) is 5.00. The molecule has 2 unspecified atom stereocenters. The fraction of sp³-hybridized carbons (Fsp3) is 0.333. The van der Waals surface area contributed by atoms with E-state index in [0.29, 0.717) is 5.75 Å². The summed E-state index contributed by atoms with van der Waals surface area (Å²) in [6.45, 7) is 0. The zero-order chi connectivity index (χ0) is 11.1. The van der Waals surface area contributed by atoms with E-state index in [2.05, 4.69) is 0 Å². The minimum atomic E-state index is -4.20. The van der Waals surface area contributed by atoms with E-state index in [4.69, 9.17) is 15.0 Å². The number of hydrogen-bond donors (Lipinski definition) is 2. The van der Waals surface area contributed by atoms with Crippen molar-refractivity contribution >= 4 is 10.1 Å². The summed E-state index contributed by atoms with van der Waals surface area (Å²) < 4.78 is 35.9. The highest BCUT2D eigenvalue weighted by Crippen LogP contribution is 2.34. The van der Waals surface area contributed by atoms with Gasteiger partial charge in [0, 0.05) is 18.0 Å². The van der Waals surface area contributed by atoms with Crippen molar-refractivity contribution in [2.75, 3.05) is 0 Å². The summed E-state index contributed by atoms with van der Waals surface area (Å²) in [7, 11) is -4.20. The van der Waals surface area contributed by atoms with E-state index < -0.39 is 21.6 Å². The third kappa shape index (κ3) is 1.97. The Kier molecular flexibility index (Phi) is 2.41. The molecule has 3 N–H and O–H groups in total. The van der Waals surface area contributed by atoms with Crippen molar-refractivity contribution in [2.45, 2.75) is 17.9 Å². The minimum absolute atomic E-state index is 0.0653. The first-order valence-electron chi connectivity index (χ1n) is 4.46. The van der Waals surface area contributed by atoms with Gasteiger partial charge in [0.05, 0.1) is 0 Å². The van der Waals surface area contributed by atoms with Gasteiger partial charge < -0.3 is 10.5 Å². The van der Waals surface area contributed by atoms with Gasteiger partial charge in [-0.05, 0) is 6.07 Å². The first-order chi connectivity index (χ1) is 6.98. The Balaban J connectivity index is 2.39. The lowest BCUT2D eigenvalue weighted by Crippen LogP contribution is -2.35. The summed E-state index contributed by atoms with van der Waals surface area (Å²) in [5.41, 5.74) is 5.28. The maximum absolute atomic E-state index is 10.9. The Morgan fingerprint density at radius 2 is 2.07 bits per heavy atom. The SMILES string of the molecule is NC1CC(S(=O)(=O)O)Oc2ccccc21. The number of rotatable bonds is 1. The van der Waals surface area contributed by atoms with Crippen LogP contribution >= 0.6 is 0 Å². The van der Waals surface area contributed by atoms with Gasteiger partial charge in [0.15, 0.2) is 0 Å². The van der Waals surface area contributed by atoms with Gasteiger partial charge in [-0.25, -0.2) is 0 Å². The van der Waals surface area contributed by atoms with Crippen LogP contribution in [-0.2, 0) is 10.1 Å². The number of benzene rings is 1. The predicted molar refractivity (Wildman–Crippen MR) is 54.0 cm³/mol. The lowest BCUT2D eigenvalue weighted by Gasteiger charge is -2.28. The third-order valence-corrected chi connectivity index (χ3v) is 3.31. The van der Waals surface area contributed by atoms with Crippen molar-refractivity contribution in [2.24, 2.45) is 5.73 Å². The number of hydrogen-bond acceptors (Lipinski definition) is 4. The number of fused-ring (bicyclic) bond motifs is 1. The van der Waals surface area contributed by atoms with Gasteiger partial charge in [0.25, 0.3) is 0 Å². The second-order valence-electron chi connectivity index (χ2n) is 3.44. The lowest BCUT2D eigenvalue weighted by atomic mass is 10.0.